The lowest BCUT2D eigenvalue weighted by Crippen LogP contribution is -2.41. The highest BCUT2D eigenvalue weighted by atomic mass is 16.3. The van der Waals surface area contributed by atoms with E-state index >= 15 is 0 Å². The zero-order valence-corrected chi connectivity index (χ0v) is 12.2. The highest BCUT2D eigenvalue weighted by Gasteiger charge is 2.43. The molecule has 1 aliphatic carbocycles. The van der Waals surface area contributed by atoms with Crippen molar-refractivity contribution in [3.8, 4) is 0 Å². The van der Waals surface area contributed by atoms with Crippen LogP contribution in [-0.4, -0.2) is 17.2 Å². The molecule has 2 atom stereocenters. The van der Waals surface area contributed by atoms with E-state index in [4.69, 9.17) is 0 Å². The fourth-order valence-electron chi connectivity index (χ4n) is 3.73. The first kappa shape index (κ1) is 12.7. The average Bonchev–Trinajstić information content (AvgIpc) is 2.80. The first-order valence-electron chi connectivity index (χ1n) is 7.59. The van der Waals surface area contributed by atoms with Gasteiger partial charge in [-0.05, 0) is 48.6 Å². The summed E-state index contributed by atoms with van der Waals surface area (Å²) in [6, 6.07) is 10.8. The summed E-state index contributed by atoms with van der Waals surface area (Å²) in [5, 5.41) is 17.2. The van der Waals surface area contributed by atoms with Crippen molar-refractivity contribution in [2.75, 3.05) is 6.54 Å². The summed E-state index contributed by atoms with van der Waals surface area (Å²) >= 11 is 0. The topological polar surface area (TPSA) is 44.3 Å². The Labute approximate surface area is 125 Å². The number of nitrogens with one attached hydrogen (secondary N) is 2. The van der Waals surface area contributed by atoms with Gasteiger partial charge in [0, 0.05) is 12.2 Å². The fourth-order valence-corrected chi connectivity index (χ4v) is 3.73. The van der Waals surface area contributed by atoms with Crippen LogP contribution < -0.4 is 10.6 Å². The molecule has 4 rings (SSSR count). The summed E-state index contributed by atoms with van der Waals surface area (Å²) < 4.78 is 0. The maximum absolute atomic E-state index is 9.86. The molecule has 21 heavy (non-hydrogen) atoms. The number of fused-ring (bicyclic) bond motifs is 2. The summed E-state index contributed by atoms with van der Waals surface area (Å²) in [6.45, 7) is 3.19. The van der Waals surface area contributed by atoms with Gasteiger partial charge < -0.3 is 15.7 Å². The van der Waals surface area contributed by atoms with Crippen molar-refractivity contribution in [1.82, 2.24) is 10.6 Å². The molecule has 2 heterocycles. The second kappa shape index (κ2) is 4.50. The molecule has 0 saturated carbocycles. The van der Waals surface area contributed by atoms with E-state index in [-0.39, 0.29) is 11.6 Å². The van der Waals surface area contributed by atoms with E-state index in [1.165, 1.54) is 22.4 Å². The van der Waals surface area contributed by atoms with Gasteiger partial charge in [0.1, 0.15) is 5.76 Å². The number of hydrogen-bond acceptors (Lipinski definition) is 3. The van der Waals surface area contributed by atoms with Gasteiger partial charge in [-0.15, -0.1) is 0 Å². The van der Waals surface area contributed by atoms with Gasteiger partial charge >= 0.3 is 0 Å². The normalized spacial score (nSPS) is 31.0. The Morgan fingerprint density at radius 2 is 2.05 bits per heavy atom. The number of hydrogen-bond donors (Lipinski definition) is 3. The Kier molecular flexibility index (Phi) is 2.73. The molecular weight excluding hydrogens is 260 g/mol. The van der Waals surface area contributed by atoms with Gasteiger partial charge in [0.05, 0.1) is 11.6 Å². The van der Waals surface area contributed by atoms with Crippen molar-refractivity contribution in [2.24, 2.45) is 0 Å². The number of aliphatic hydroxyl groups excluding tert-OH is 1. The SMILES string of the molecule is CC12CC=C(O)C=C1C1=C(N2)C(c2ccccc2)NCC1. The lowest BCUT2D eigenvalue weighted by atomic mass is 9.81. The zero-order valence-electron chi connectivity index (χ0n) is 12.2. The van der Waals surface area contributed by atoms with Crippen LogP contribution in [0.2, 0.25) is 0 Å². The Bertz CT molecular complexity index is 672. The molecule has 0 amide bonds. The highest BCUT2D eigenvalue weighted by Crippen LogP contribution is 2.45. The van der Waals surface area contributed by atoms with Crippen molar-refractivity contribution >= 4 is 0 Å². The number of aliphatic hydroxyl groups is 1. The van der Waals surface area contributed by atoms with Gasteiger partial charge in [0.25, 0.3) is 0 Å². The molecule has 3 heteroatoms. The van der Waals surface area contributed by atoms with Crippen LogP contribution in [0.4, 0.5) is 0 Å². The van der Waals surface area contributed by atoms with E-state index in [2.05, 4.69) is 47.9 Å². The molecule has 3 N–H and O–H groups in total. The average molecular weight is 280 g/mol. The smallest absolute Gasteiger partial charge is 0.112 e. The molecule has 3 nitrogen and oxygen atoms in total. The van der Waals surface area contributed by atoms with Crippen LogP contribution in [0.5, 0.6) is 0 Å². The number of allylic oxidation sites excluding steroid dienone is 1. The van der Waals surface area contributed by atoms with Crippen LogP contribution in [0.15, 0.2) is 65.1 Å². The molecule has 0 aromatic heterocycles. The lowest BCUT2D eigenvalue weighted by Gasteiger charge is -2.31. The Balaban J connectivity index is 1.79. The molecule has 2 aliphatic heterocycles. The van der Waals surface area contributed by atoms with Crippen LogP contribution in [0.25, 0.3) is 0 Å². The molecule has 0 radical (unpaired) electrons. The van der Waals surface area contributed by atoms with Crippen LogP contribution in [-0.2, 0) is 0 Å². The molecule has 3 aliphatic rings. The molecule has 0 fully saturated rings. The third-order valence-electron chi connectivity index (χ3n) is 4.81. The van der Waals surface area contributed by atoms with Crippen molar-refractivity contribution in [2.45, 2.75) is 31.3 Å². The van der Waals surface area contributed by atoms with Crippen LogP contribution in [0, 0.1) is 0 Å². The predicted octanol–water partition coefficient (Wildman–Crippen LogP) is 3.11. The third-order valence-corrected chi connectivity index (χ3v) is 4.81. The van der Waals surface area contributed by atoms with Gasteiger partial charge in [-0.25, -0.2) is 0 Å². The molecule has 108 valence electrons. The Hall–Kier alpha value is -2.00. The zero-order chi connectivity index (χ0) is 14.4. The van der Waals surface area contributed by atoms with Crippen molar-refractivity contribution < 1.29 is 5.11 Å². The minimum Gasteiger partial charge on any atom is -0.508 e. The van der Waals surface area contributed by atoms with Crippen molar-refractivity contribution in [3.05, 3.63) is 70.6 Å². The maximum atomic E-state index is 9.86. The second-order valence-electron chi connectivity index (χ2n) is 6.29. The van der Waals surface area contributed by atoms with Crippen molar-refractivity contribution in [1.29, 1.82) is 0 Å². The van der Waals surface area contributed by atoms with E-state index in [0.717, 1.165) is 19.4 Å². The van der Waals surface area contributed by atoms with E-state index in [1.807, 2.05) is 12.2 Å². The standard InChI is InChI=1S/C18H20N2O/c1-18-9-7-13(21)11-15(18)14-8-10-19-16(17(14)20-18)12-5-3-2-4-6-12/h2-7,11,16,19-21H,8-10H2,1H3. The molecule has 0 saturated heterocycles. The van der Waals surface area contributed by atoms with E-state index < -0.39 is 0 Å². The van der Waals surface area contributed by atoms with E-state index in [9.17, 15) is 5.11 Å². The van der Waals surface area contributed by atoms with Crippen LogP contribution in [0.1, 0.15) is 31.4 Å². The van der Waals surface area contributed by atoms with Gasteiger partial charge in [-0.1, -0.05) is 30.3 Å². The second-order valence-corrected chi connectivity index (χ2v) is 6.29. The van der Waals surface area contributed by atoms with Crippen LogP contribution in [0.3, 0.4) is 0 Å². The first-order chi connectivity index (χ1) is 10.2. The van der Waals surface area contributed by atoms with Crippen molar-refractivity contribution in [3.63, 3.8) is 0 Å². The summed E-state index contributed by atoms with van der Waals surface area (Å²) in [4.78, 5) is 0. The minimum absolute atomic E-state index is 0.0735. The molecule has 2 unspecified atom stereocenters. The largest absolute Gasteiger partial charge is 0.508 e. The quantitative estimate of drug-likeness (QED) is 0.740. The highest BCUT2D eigenvalue weighted by molar-refractivity contribution is 5.56. The van der Waals surface area contributed by atoms with Crippen LogP contribution >= 0.6 is 0 Å². The first-order valence-corrected chi connectivity index (χ1v) is 7.59. The molecule has 1 aromatic rings. The monoisotopic (exact) mass is 280 g/mol. The van der Waals surface area contributed by atoms with Gasteiger partial charge in [0.15, 0.2) is 0 Å². The minimum atomic E-state index is -0.0735. The third kappa shape index (κ3) is 1.92. The summed E-state index contributed by atoms with van der Waals surface area (Å²) in [6.07, 6.45) is 5.69. The molecule has 1 aromatic carbocycles. The molecule has 0 bridgehead atoms. The number of rotatable bonds is 1. The molecule has 0 spiro atoms. The summed E-state index contributed by atoms with van der Waals surface area (Å²) in [5.41, 5.74) is 5.14. The summed E-state index contributed by atoms with van der Waals surface area (Å²) in [5.74, 6) is 0.396. The van der Waals surface area contributed by atoms with E-state index in [0.29, 0.717) is 5.76 Å². The Morgan fingerprint density at radius 1 is 1.24 bits per heavy atom. The maximum Gasteiger partial charge on any atom is 0.112 e. The van der Waals surface area contributed by atoms with Gasteiger partial charge in [0.2, 0.25) is 0 Å². The fraction of sp³-hybridized carbons (Fsp3) is 0.333. The van der Waals surface area contributed by atoms with Gasteiger partial charge in [-0.3, -0.25) is 0 Å². The predicted molar refractivity (Wildman–Crippen MR) is 83.8 cm³/mol. The number of benzene rings is 1. The Morgan fingerprint density at radius 3 is 2.86 bits per heavy atom. The van der Waals surface area contributed by atoms with E-state index in [1.54, 1.807) is 0 Å². The lowest BCUT2D eigenvalue weighted by molar-refractivity contribution is 0.400. The summed E-state index contributed by atoms with van der Waals surface area (Å²) in [7, 11) is 0. The molecular formula is C18H20N2O. The van der Waals surface area contributed by atoms with Gasteiger partial charge in [-0.2, -0.15) is 0 Å².